The van der Waals surface area contributed by atoms with Gasteiger partial charge in [-0.1, -0.05) is 18.2 Å². The van der Waals surface area contributed by atoms with E-state index in [4.69, 9.17) is 28.4 Å². The smallest absolute Gasteiger partial charge is 0.145 e. The van der Waals surface area contributed by atoms with Crippen LogP contribution in [0.2, 0.25) is 0 Å². The standard InChI is InChI=1S/C21H29NO6/c1-21(17-27-19-6-2-4-18-5-3-7-22-20(18)19)16-26-13-12-24-9-8-23-10-11-25-14-15-28-21/h2-7H,8-17H2,1H3. The van der Waals surface area contributed by atoms with Crippen LogP contribution in [0, 0.1) is 0 Å². The Balaban J connectivity index is 1.60. The molecule has 1 saturated heterocycles. The van der Waals surface area contributed by atoms with Crippen LogP contribution in [-0.4, -0.2) is 76.7 Å². The highest BCUT2D eigenvalue weighted by Gasteiger charge is 2.27. The molecule has 2 heterocycles. The van der Waals surface area contributed by atoms with E-state index in [0.717, 1.165) is 16.7 Å². The minimum Gasteiger partial charge on any atom is -0.488 e. The van der Waals surface area contributed by atoms with Gasteiger partial charge in [-0.3, -0.25) is 4.98 Å². The minimum absolute atomic E-state index is 0.340. The van der Waals surface area contributed by atoms with Gasteiger partial charge in [0.2, 0.25) is 0 Å². The largest absolute Gasteiger partial charge is 0.488 e. The van der Waals surface area contributed by atoms with Crippen LogP contribution in [-0.2, 0) is 23.7 Å². The van der Waals surface area contributed by atoms with Crippen molar-refractivity contribution < 1.29 is 28.4 Å². The summed E-state index contributed by atoms with van der Waals surface area (Å²) >= 11 is 0. The Morgan fingerprint density at radius 1 is 0.857 bits per heavy atom. The molecule has 1 aromatic carbocycles. The molecule has 1 aliphatic heterocycles. The van der Waals surface area contributed by atoms with Crippen LogP contribution in [0.25, 0.3) is 10.9 Å². The summed E-state index contributed by atoms with van der Waals surface area (Å²) in [4.78, 5) is 4.43. The van der Waals surface area contributed by atoms with E-state index >= 15 is 0 Å². The molecule has 0 N–H and O–H groups in total. The Morgan fingerprint density at radius 2 is 1.50 bits per heavy atom. The van der Waals surface area contributed by atoms with E-state index in [0.29, 0.717) is 66.1 Å². The lowest BCUT2D eigenvalue weighted by molar-refractivity contribution is -0.121. The molecule has 28 heavy (non-hydrogen) atoms. The van der Waals surface area contributed by atoms with Crippen LogP contribution < -0.4 is 4.74 Å². The number of hydrogen-bond donors (Lipinski definition) is 0. The van der Waals surface area contributed by atoms with Crippen molar-refractivity contribution in [1.29, 1.82) is 0 Å². The molecule has 0 saturated carbocycles. The van der Waals surface area contributed by atoms with Gasteiger partial charge in [-0.15, -0.1) is 0 Å². The van der Waals surface area contributed by atoms with Gasteiger partial charge in [0.15, 0.2) is 0 Å². The van der Waals surface area contributed by atoms with Crippen molar-refractivity contribution in [3.63, 3.8) is 0 Å². The van der Waals surface area contributed by atoms with Crippen molar-refractivity contribution in [3.05, 3.63) is 36.5 Å². The van der Waals surface area contributed by atoms with Gasteiger partial charge in [-0.05, 0) is 19.1 Å². The SMILES string of the molecule is CC1(COc2cccc3cccnc23)COCCOCCOCCOCCO1. The molecule has 0 aliphatic carbocycles. The van der Waals surface area contributed by atoms with Gasteiger partial charge in [-0.25, -0.2) is 0 Å². The lowest BCUT2D eigenvalue weighted by Gasteiger charge is -2.30. The van der Waals surface area contributed by atoms with Gasteiger partial charge in [-0.2, -0.15) is 0 Å². The van der Waals surface area contributed by atoms with E-state index in [2.05, 4.69) is 4.98 Å². The second-order valence-corrected chi connectivity index (χ2v) is 6.81. The molecular weight excluding hydrogens is 362 g/mol. The first-order valence-corrected chi connectivity index (χ1v) is 9.68. The monoisotopic (exact) mass is 391 g/mol. The Kier molecular flexibility index (Phi) is 8.44. The van der Waals surface area contributed by atoms with Crippen molar-refractivity contribution in [2.45, 2.75) is 12.5 Å². The van der Waals surface area contributed by atoms with Gasteiger partial charge in [0.05, 0.1) is 59.5 Å². The van der Waals surface area contributed by atoms with Gasteiger partial charge in [0.1, 0.15) is 23.5 Å². The highest BCUT2D eigenvalue weighted by molar-refractivity contribution is 5.84. The summed E-state index contributed by atoms with van der Waals surface area (Å²) in [6.45, 7) is 6.86. The number of benzene rings is 1. The lowest BCUT2D eigenvalue weighted by Crippen LogP contribution is -2.42. The number of rotatable bonds is 3. The van der Waals surface area contributed by atoms with E-state index < -0.39 is 5.60 Å². The fourth-order valence-corrected chi connectivity index (χ4v) is 2.84. The van der Waals surface area contributed by atoms with Crippen molar-refractivity contribution >= 4 is 10.9 Å². The first kappa shape index (κ1) is 21.0. The summed E-state index contributed by atoms with van der Waals surface area (Å²) in [6.07, 6.45) is 1.77. The van der Waals surface area contributed by atoms with Crippen LogP contribution >= 0.6 is 0 Å². The number of ether oxygens (including phenoxy) is 6. The summed E-state index contributed by atoms with van der Waals surface area (Å²) in [5, 5.41) is 1.04. The Bertz CT molecular complexity index is 689. The summed E-state index contributed by atoms with van der Waals surface area (Å²) in [5.74, 6) is 0.732. The maximum Gasteiger partial charge on any atom is 0.145 e. The molecule has 154 valence electrons. The molecule has 0 radical (unpaired) electrons. The van der Waals surface area contributed by atoms with E-state index in [9.17, 15) is 0 Å². The predicted molar refractivity (Wildman–Crippen MR) is 105 cm³/mol. The fraction of sp³-hybridized carbons (Fsp3) is 0.571. The van der Waals surface area contributed by atoms with Gasteiger partial charge >= 0.3 is 0 Å². The number of hydrogen-bond acceptors (Lipinski definition) is 7. The van der Waals surface area contributed by atoms with E-state index in [-0.39, 0.29) is 0 Å². The predicted octanol–water partition coefficient (Wildman–Crippen LogP) is 2.47. The highest BCUT2D eigenvalue weighted by atomic mass is 16.6. The number of para-hydroxylation sites is 1. The average Bonchev–Trinajstić information content (AvgIpc) is 2.73. The third kappa shape index (κ3) is 6.68. The van der Waals surface area contributed by atoms with E-state index in [1.54, 1.807) is 6.20 Å². The van der Waals surface area contributed by atoms with E-state index in [1.165, 1.54) is 0 Å². The third-order valence-corrected chi connectivity index (χ3v) is 4.33. The maximum atomic E-state index is 6.09. The van der Waals surface area contributed by atoms with Crippen molar-refractivity contribution in [3.8, 4) is 5.75 Å². The zero-order valence-electron chi connectivity index (χ0n) is 16.4. The first-order chi connectivity index (χ1) is 13.8. The average molecular weight is 391 g/mol. The molecule has 0 spiro atoms. The third-order valence-electron chi connectivity index (χ3n) is 4.33. The summed E-state index contributed by atoms with van der Waals surface area (Å²) in [6, 6.07) is 9.83. The topological polar surface area (TPSA) is 68.3 Å². The lowest BCUT2D eigenvalue weighted by atomic mass is 10.1. The molecule has 7 heteroatoms. The molecular formula is C21H29NO6. The Labute approximate surface area is 165 Å². The van der Waals surface area contributed by atoms with Crippen LogP contribution in [0.5, 0.6) is 5.75 Å². The molecule has 3 rings (SSSR count). The molecule has 0 amide bonds. The van der Waals surface area contributed by atoms with Gasteiger partial charge < -0.3 is 28.4 Å². The summed E-state index contributed by atoms with van der Waals surface area (Å²) in [5.41, 5.74) is 0.222. The number of aromatic nitrogens is 1. The normalized spacial score (nSPS) is 23.6. The number of pyridine rings is 1. The second kappa shape index (κ2) is 11.3. The van der Waals surface area contributed by atoms with Crippen LogP contribution in [0.15, 0.2) is 36.5 Å². The van der Waals surface area contributed by atoms with Crippen LogP contribution in [0.1, 0.15) is 6.92 Å². The number of nitrogens with zero attached hydrogens (tertiary/aromatic N) is 1. The molecule has 1 unspecified atom stereocenters. The van der Waals surface area contributed by atoms with Crippen LogP contribution in [0.4, 0.5) is 0 Å². The van der Waals surface area contributed by atoms with Crippen molar-refractivity contribution in [2.24, 2.45) is 0 Å². The molecule has 1 atom stereocenters. The molecule has 1 aromatic heterocycles. The Hall–Kier alpha value is -1.77. The summed E-state index contributed by atoms with van der Waals surface area (Å²) < 4.78 is 34.4. The van der Waals surface area contributed by atoms with Crippen molar-refractivity contribution in [1.82, 2.24) is 4.98 Å². The van der Waals surface area contributed by atoms with Crippen LogP contribution in [0.3, 0.4) is 0 Å². The molecule has 1 aliphatic rings. The molecule has 1 fully saturated rings. The zero-order chi connectivity index (χ0) is 19.5. The number of fused-ring (bicyclic) bond motifs is 1. The van der Waals surface area contributed by atoms with E-state index in [1.807, 2.05) is 37.3 Å². The van der Waals surface area contributed by atoms with Gasteiger partial charge in [0, 0.05) is 11.6 Å². The highest BCUT2D eigenvalue weighted by Crippen LogP contribution is 2.24. The Morgan fingerprint density at radius 3 is 2.25 bits per heavy atom. The van der Waals surface area contributed by atoms with Crippen molar-refractivity contribution in [2.75, 3.05) is 66.1 Å². The molecule has 7 nitrogen and oxygen atoms in total. The van der Waals surface area contributed by atoms with Gasteiger partial charge in [0.25, 0.3) is 0 Å². The fourth-order valence-electron chi connectivity index (χ4n) is 2.84. The summed E-state index contributed by atoms with van der Waals surface area (Å²) in [7, 11) is 0. The molecule has 0 bridgehead atoms. The first-order valence-electron chi connectivity index (χ1n) is 9.68. The molecule has 2 aromatic rings. The maximum absolute atomic E-state index is 6.09. The zero-order valence-corrected chi connectivity index (χ0v) is 16.4. The minimum atomic E-state index is -0.614. The second-order valence-electron chi connectivity index (χ2n) is 6.81. The quantitative estimate of drug-likeness (QED) is 0.796.